The lowest BCUT2D eigenvalue weighted by atomic mass is 10.2. The van der Waals surface area contributed by atoms with E-state index in [2.05, 4.69) is 22.8 Å². The summed E-state index contributed by atoms with van der Waals surface area (Å²) in [5.41, 5.74) is 2.11. The lowest BCUT2D eigenvalue weighted by Crippen LogP contribution is -2.33. The fourth-order valence-corrected chi connectivity index (χ4v) is 4.17. The maximum absolute atomic E-state index is 10.2. The molecule has 31 heavy (non-hydrogen) atoms. The molecule has 7 heteroatoms. The number of aliphatic hydroxyl groups excluding tert-OH is 1. The minimum absolute atomic E-state index is 0.211. The van der Waals surface area contributed by atoms with Crippen molar-refractivity contribution in [1.29, 1.82) is 0 Å². The van der Waals surface area contributed by atoms with Crippen LogP contribution in [0.3, 0.4) is 0 Å². The number of fused-ring (bicyclic) bond motifs is 2. The first-order valence-corrected chi connectivity index (χ1v) is 11.0. The van der Waals surface area contributed by atoms with Crippen molar-refractivity contribution in [3.63, 3.8) is 0 Å². The second-order valence-corrected chi connectivity index (χ2v) is 8.13. The van der Waals surface area contributed by atoms with E-state index in [1.54, 1.807) is 18.9 Å². The van der Waals surface area contributed by atoms with Crippen molar-refractivity contribution in [3.8, 4) is 17.2 Å². The van der Waals surface area contributed by atoms with Crippen LogP contribution in [0.1, 0.15) is 0 Å². The first-order valence-electron chi connectivity index (χ1n) is 10.2. The Hall–Kier alpha value is -2.87. The Kier molecular flexibility index (Phi) is 7.19. The third-order valence-corrected chi connectivity index (χ3v) is 5.91. The Labute approximate surface area is 186 Å². The van der Waals surface area contributed by atoms with Crippen molar-refractivity contribution in [3.05, 3.63) is 66.7 Å². The molecule has 0 fully saturated rings. The Bertz CT molecular complexity index is 1010. The van der Waals surface area contributed by atoms with Crippen LogP contribution >= 0.6 is 11.8 Å². The van der Waals surface area contributed by atoms with Gasteiger partial charge in [0.2, 0.25) is 0 Å². The number of methoxy groups -OCH3 is 1. The number of anilines is 2. The van der Waals surface area contributed by atoms with E-state index in [9.17, 15) is 5.11 Å². The molecule has 0 radical (unpaired) electrons. The lowest BCUT2D eigenvalue weighted by molar-refractivity contribution is 0.105. The van der Waals surface area contributed by atoms with E-state index < -0.39 is 6.10 Å². The third-order valence-electron chi connectivity index (χ3n) is 4.76. The zero-order valence-electron chi connectivity index (χ0n) is 17.3. The van der Waals surface area contributed by atoms with Crippen molar-refractivity contribution < 1.29 is 19.3 Å². The van der Waals surface area contributed by atoms with Crippen LogP contribution in [0, 0.1) is 0 Å². The van der Waals surface area contributed by atoms with E-state index in [0.717, 1.165) is 22.0 Å². The van der Waals surface area contributed by atoms with Gasteiger partial charge in [-0.05, 0) is 36.4 Å². The summed E-state index contributed by atoms with van der Waals surface area (Å²) in [4.78, 5) is 2.36. The summed E-state index contributed by atoms with van der Waals surface area (Å²) < 4.78 is 16.8. The average molecular weight is 439 g/mol. The molecule has 0 saturated carbocycles. The highest BCUT2D eigenvalue weighted by molar-refractivity contribution is 7.99. The number of rotatable bonds is 10. The number of hydrogen-bond donors (Lipinski definition) is 3. The number of nitrogens with one attached hydrogen (secondary N) is 2. The van der Waals surface area contributed by atoms with E-state index in [1.165, 1.54) is 4.90 Å². The summed E-state index contributed by atoms with van der Waals surface area (Å²) in [6, 6.07) is 21.7. The molecule has 0 amide bonds. The van der Waals surface area contributed by atoms with Gasteiger partial charge in [-0.1, -0.05) is 36.0 Å². The van der Waals surface area contributed by atoms with Gasteiger partial charge in [0.1, 0.15) is 25.1 Å². The molecular formula is C24H26N2O4S. The fraction of sp³-hybridized carbons (Fsp3) is 0.250. The molecule has 0 saturated heterocycles. The zero-order chi connectivity index (χ0) is 21.5. The number of para-hydroxylation sites is 3. The summed E-state index contributed by atoms with van der Waals surface area (Å²) in [7, 11) is 1.62. The average Bonchev–Trinajstić information content (AvgIpc) is 2.81. The van der Waals surface area contributed by atoms with Crippen molar-refractivity contribution in [2.75, 3.05) is 38.7 Å². The van der Waals surface area contributed by atoms with E-state index in [1.807, 2.05) is 54.6 Å². The highest BCUT2D eigenvalue weighted by Crippen LogP contribution is 2.44. The molecule has 3 aromatic rings. The standard InChI is InChI=1S/C24H26N2O4S/c1-28-21-7-3-4-8-22(21)29-13-12-25-15-17(27)16-30-18-10-11-24-20(14-18)26-19-6-2-5-9-23(19)31-24/h2-11,14,17,25-27H,12-13,15-16H2,1H3. The van der Waals surface area contributed by atoms with Gasteiger partial charge in [0.15, 0.2) is 11.5 Å². The second kappa shape index (κ2) is 10.4. The van der Waals surface area contributed by atoms with Crippen molar-refractivity contribution in [2.24, 2.45) is 0 Å². The smallest absolute Gasteiger partial charge is 0.161 e. The third kappa shape index (κ3) is 5.64. The van der Waals surface area contributed by atoms with Gasteiger partial charge in [0.25, 0.3) is 0 Å². The molecule has 1 heterocycles. The SMILES string of the molecule is COc1ccccc1OCCNCC(O)COc1ccc2c(c1)Nc1ccccc1S2. The molecule has 1 aliphatic rings. The van der Waals surface area contributed by atoms with Crippen molar-refractivity contribution in [2.45, 2.75) is 15.9 Å². The van der Waals surface area contributed by atoms with Gasteiger partial charge in [-0.2, -0.15) is 0 Å². The highest BCUT2D eigenvalue weighted by Gasteiger charge is 2.16. The van der Waals surface area contributed by atoms with Gasteiger partial charge in [0.05, 0.1) is 18.5 Å². The minimum atomic E-state index is -0.620. The minimum Gasteiger partial charge on any atom is -0.493 e. The van der Waals surface area contributed by atoms with Crippen LogP contribution in [-0.4, -0.2) is 44.6 Å². The van der Waals surface area contributed by atoms with Gasteiger partial charge < -0.3 is 30.0 Å². The normalized spacial score (nSPS) is 12.8. The number of ether oxygens (including phenoxy) is 3. The molecule has 1 unspecified atom stereocenters. The Morgan fingerprint density at radius 2 is 1.71 bits per heavy atom. The largest absolute Gasteiger partial charge is 0.493 e. The van der Waals surface area contributed by atoms with Gasteiger partial charge in [0, 0.05) is 28.9 Å². The summed E-state index contributed by atoms with van der Waals surface area (Å²) in [6.07, 6.45) is -0.620. The van der Waals surface area contributed by atoms with E-state index in [0.29, 0.717) is 31.2 Å². The predicted molar refractivity (Wildman–Crippen MR) is 123 cm³/mol. The molecule has 3 aromatic carbocycles. The molecule has 4 rings (SSSR count). The monoisotopic (exact) mass is 438 g/mol. The molecule has 6 nitrogen and oxygen atoms in total. The van der Waals surface area contributed by atoms with Crippen LogP contribution in [-0.2, 0) is 0 Å². The number of hydrogen-bond acceptors (Lipinski definition) is 7. The van der Waals surface area contributed by atoms with Gasteiger partial charge in [-0.25, -0.2) is 0 Å². The summed E-state index contributed by atoms with van der Waals surface area (Å²) >= 11 is 1.73. The molecule has 1 aliphatic heterocycles. The Morgan fingerprint density at radius 3 is 2.58 bits per heavy atom. The topological polar surface area (TPSA) is 72.0 Å². The first kappa shape index (κ1) is 21.4. The molecule has 0 bridgehead atoms. The summed E-state index contributed by atoms with van der Waals surface area (Å²) in [5.74, 6) is 2.14. The Balaban J connectivity index is 1.18. The molecular weight excluding hydrogens is 412 g/mol. The zero-order valence-corrected chi connectivity index (χ0v) is 18.2. The van der Waals surface area contributed by atoms with E-state index >= 15 is 0 Å². The first-order chi connectivity index (χ1) is 15.2. The van der Waals surface area contributed by atoms with Crippen molar-refractivity contribution >= 4 is 23.1 Å². The van der Waals surface area contributed by atoms with Gasteiger partial charge in [-0.3, -0.25) is 0 Å². The molecule has 0 spiro atoms. The highest BCUT2D eigenvalue weighted by atomic mass is 32.2. The molecule has 1 atom stereocenters. The van der Waals surface area contributed by atoms with Crippen LogP contribution in [0.4, 0.5) is 11.4 Å². The van der Waals surface area contributed by atoms with Gasteiger partial charge >= 0.3 is 0 Å². The molecule has 0 aliphatic carbocycles. The number of aliphatic hydroxyl groups is 1. The van der Waals surface area contributed by atoms with Crippen molar-refractivity contribution in [1.82, 2.24) is 5.32 Å². The van der Waals surface area contributed by atoms with E-state index in [4.69, 9.17) is 14.2 Å². The van der Waals surface area contributed by atoms with Crippen LogP contribution in [0.15, 0.2) is 76.5 Å². The summed E-state index contributed by atoms with van der Waals surface area (Å²) in [5, 5.41) is 16.8. The molecule has 3 N–H and O–H groups in total. The quantitative estimate of drug-likeness (QED) is 0.319. The predicted octanol–water partition coefficient (Wildman–Crippen LogP) is 4.31. The number of benzene rings is 3. The Morgan fingerprint density at radius 1 is 0.935 bits per heavy atom. The summed E-state index contributed by atoms with van der Waals surface area (Å²) in [6.45, 7) is 1.71. The fourth-order valence-electron chi connectivity index (χ4n) is 3.20. The van der Waals surface area contributed by atoms with E-state index in [-0.39, 0.29) is 6.61 Å². The van der Waals surface area contributed by atoms with Gasteiger partial charge in [-0.15, -0.1) is 0 Å². The van der Waals surface area contributed by atoms with Crippen LogP contribution in [0.25, 0.3) is 0 Å². The lowest BCUT2D eigenvalue weighted by Gasteiger charge is -2.21. The molecule has 162 valence electrons. The van der Waals surface area contributed by atoms with Crippen LogP contribution in [0.2, 0.25) is 0 Å². The van der Waals surface area contributed by atoms with Crippen LogP contribution < -0.4 is 24.8 Å². The second-order valence-electron chi connectivity index (χ2n) is 7.05. The maximum atomic E-state index is 10.2. The molecule has 0 aromatic heterocycles. The van der Waals surface area contributed by atoms with Crippen LogP contribution in [0.5, 0.6) is 17.2 Å². The maximum Gasteiger partial charge on any atom is 0.161 e.